The predicted octanol–water partition coefficient (Wildman–Crippen LogP) is 4.88. The summed E-state index contributed by atoms with van der Waals surface area (Å²) in [7, 11) is 0. The second-order valence-corrected chi connectivity index (χ2v) is 5.69. The van der Waals surface area contributed by atoms with Crippen LogP contribution in [0.3, 0.4) is 0 Å². The first-order valence-electron chi connectivity index (χ1n) is 6.74. The van der Waals surface area contributed by atoms with Crippen molar-refractivity contribution < 1.29 is 4.74 Å². The highest BCUT2D eigenvalue weighted by molar-refractivity contribution is 9.10. The lowest BCUT2D eigenvalue weighted by Gasteiger charge is -2.21. The molecule has 1 aliphatic heterocycles. The van der Waals surface area contributed by atoms with Gasteiger partial charge in [-0.3, -0.25) is 4.57 Å². The van der Waals surface area contributed by atoms with E-state index in [-0.39, 0.29) is 0 Å². The Morgan fingerprint density at radius 1 is 1.18 bits per heavy atom. The van der Waals surface area contributed by atoms with E-state index < -0.39 is 0 Å². The van der Waals surface area contributed by atoms with Crippen LogP contribution in [0.1, 0.15) is 0 Å². The Hall–Kier alpha value is -2.58. The lowest BCUT2D eigenvalue weighted by molar-refractivity contribution is 0.231. The second kappa shape index (κ2) is 5.00. The summed E-state index contributed by atoms with van der Waals surface area (Å²) in [4.78, 5) is 8.09. The zero-order valence-electron chi connectivity index (χ0n) is 11.5. The highest BCUT2D eigenvalue weighted by Crippen LogP contribution is 2.41. The number of rotatable bonds is 1. The van der Waals surface area contributed by atoms with Gasteiger partial charge in [-0.05, 0) is 22.0 Å². The summed E-state index contributed by atoms with van der Waals surface area (Å²) in [6.07, 6.45) is 0. The van der Waals surface area contributed by atoms with Crippen LogP contribution in [0, 0.1) is 6.57 Å². The van der Waals surface area contributed by atoms with Crippen molar-refractivity contribution in [3.05, 3.63) is 64.6 Å². The number of imidazole rings is 1. The summed E-state index contributed by atoms with van der Waals surface area (Å²) < 4.78 is 8.66. The zero-order chi connectivity index (χ0) is 15.1. The van der Waals surface area contributed by atoms with Gasteiger partial charge in [0.05, 0.1) is 17.8 Å². The van der Waals surface area contributed by atoms with Crippen LogP contribution in [0.2, 0.25) is 0 Å². The molecule has 2 aromatic carbocycles. The Kier molecular flexibility index (Phi) is 2.98. The van der Waals surface area contributed by atoms with Crippen LogP contribution >= 0.6 is 15.9 Å². The molecule has 4 nitrogen and oxygen atoms in total. The van der Waals surface area contributed by atoms with Gasteiger partial charge >= 0.3 is 0 Å². The van der Waals surface area contributed by atoms with Gasteiger partial charge in [-0.2, -0.15) is 0 Å². The third kappa shape index (κ3) is 1.92. The number of fused-ring (bicyclic) bond motifs is 3. The lowest BCUT2D eigenvalue weighted by atomic mass is 10.1. The minimum atomic E-state index is 0.382. The molecule has 0 aliphatic carbocycles. The first kappa shape index (κ1) is 13.1. The summed E-state index contributed by atoms with van der Waals surface area (Å²) >= 11 is 3.56. The average molecular weight is 352 g/mol. The summed E-state index contributed by atoms with van der Waals surface area (Å²) in [5.41, 5.74) is 3.55. The molecule has 0 radical (unpaired) electrons. The molecule has 0 atom stereocenters. The first-order valence-corrected chi connectivity index (χ1v) is 7.53. The first-order chi connectivity index (χ1) is 10.8. The maximum absolute atomic E-state index is 7.10. The van der Waals surface area contributed by atoms with Gasteiger partial charge in [-0.1, -0.05) is 42.5 Å². The maximum Gasteiger partial charge on any atom is 0.190 e. The minimum Gasteiger partial charge on any atom is -0.473 e. The Morgan fingerprint density at radius 3 is 2.77 bits per heavy atom. The molecule has 0 saturated heterocycles. The molecule has 3 aromatic rings. The van der Waals surface area contributed by atoms with Crippen molar-refractivity contribution >= 4 is 21.6 Å². The number of aromatic nitrogens is 2. The molecule has 0 amide bonds. The fourth-order valence-electron chi connectivity index (χ4n) is 2.64. The van der Waals surface area contributed by atoms with Crippen LogP contribution in [0.15, 0.2) is 53.1 Å². The summed E-state index contributed by atoms with van der Waals surface area (Å²) in [5.74, 6) is 1.56. The van der Waals surface area contributed by atoms with E-state index in [2.05, 4.69) is 25.8 Å². The number of nitrogens with zero attached hydrogens (tertiary/aromatic N) is 3. The van der Waals surface area contributed by atoms with E-state index in [9.17, 15) is 0 Å². The van der Waals surface area contributed by atoms with Gasteiger partial charge in [0.2, 0.25) is 0 Å². The van der Waals surface area contributed by atoms with Gasteiger partial charge in [-0.25, -0.2) is 9.83 Å². The van der Waals surface area contributed by atoms with Crippen LogP contribution in [-0.2, 0) is 6.73 Å². The molecule has 4 rings (SSSR count). The van der Waals surface area contributed by atoms with E-state index in [0.717, 1.165) is 27.2 Å². The van der Waals surface area contributed by atoms with Crippen molar-refractivity contribution in [2.24, 2.45) is 0 Å². The monoisotopic (exact) mass is 351 g/mol. The molecule has 0 fully saturated rings. The fraction of sp³-hybridized carbons (Fsp3) is 0.0588. The van der Waals surface area contributed by atoms with Crippen LogP contribution in [0.4, 0.5) is 5.69 Å². The van der Waals surface area contributed by atoms with Gasteiger partial charge in [0.1, 0.15) is 16.2 Å². The number of ether oxygens (including phenoxy) is 1. The van der Waals surface area contributed by atoms with Gasteiger partial charge in [0.15, 0.2) is 12.4 Å². The highest BCUT2D eigenvalue weighted by atomic mass is 79.9. The van der Waals surface area contributed by atoms with Gasteiger partial charge < -0.3 is 4.74 Å². The van der Waals surface area contributed by atoms with E-state index in [0.29, 0.717) is 18.2 Å². The Labute approximate surface area is 135 Å². The molecule has 1 aliphatic rings. The number of hydrogen-bond donors (Lipinski definition) is 0. The van der Waals surface area contributed by atoms with Crippen LogP contribution in [0.5, 0.6) is 5.75 Å². The average Bonchev–Trinajstić information content (AvgIpc) is 2.91. The van der Waals surface area contributed by atoms with Crippen molar-refractivity contribution in [2.75, 3.05) is 0 Å². The Morgan fingerprint density at radius 2 is 2.00 bits per heavy atom. The van der Waals surface area contributed by atoms with E-state index in [1.165, 1.54) is 0 Å². The minimum absolute atomic E-state index is 0.382. The molecule has 0 unspecified atom stereocenters. The van der Waals surface area contributed by atoms with Crippen LogP contribution < -0.4 is 4.74 Å². The topological polar surface area (TPSA) is 31.4 Å². The molecule has 0 bridgehead atoms. The molecule has 106 valence electrons. The largest absolute Gasteiger partial charge is 0.473 e. The molecular weight excluding hydrogens is 342 g/mol. The number of hydrogen-bond acceptors (Lipinski definition) is 2. The fourth-order valence-corrected chi connectivity index (χ4v) is 3.26. The molecule has 5 heteroatoms. The highest BCUT2D eigenvalue weighted by Gasteiger charge is 2.24. The molecule has 22 heavy (non-hydrogen) atoms. The summed E-state index contributed by atoms with van der Waals surface area (Å²) in [6, 6.07) is 15.5. The molecule has 1 aromatic heterocycles. The quantitative estimate of drug-likeness (QED) is 0.585. The number of halogens is 1. The Bertz CT molecular complexity index is 910. The van der Waals surface area contributed by atoms with E-state index in [4.69, 9.17) is 11.3 Å². The SMILES string of the molecule is [C-]#[N+]c1ccc2c(c1)OCn1c-2nc(Br)c1-c1ccccc1. The zero-order valence-corrected chi connectivity index (χ0v) is 13.0. The molecule has 2 heterocycles. The lowest BCUT2D eigenvalue weighted by Crippen LogP contribution is -2.13. The van der Waals surface area contributed by atoms with Crippen molar-refractivity contribution in [2.45, 2.75) is 6.73 Å². The third-order valence-electron chi connectivity index (χ3n) is 3.66. The third-order valence-corrected chi connectivity index (χ3v) is 4.21. The van der Waals surface area contributed by atoms with Crippen molar-refractivity contribution in [1.29, 1.82) is 0 Å². The van der Waals surface area contributed by atoms with Gasteiger partial charge in [0, 0.05) is 5.56 Å². The maximum atomic E-state index is 7.10. The smallest absolute Gasteiger partial charge is 0.190 e. The van der Waals surface area contributed by atoms with Gasteiger partial charge in [0.25, 0.3) is 0 Å². The molecule has 0 N–H and O–H groups in total. The van der Waals surface area contributed by atoms with Crippen molar-refractivity contribution in [3.8, 4) is 28.4 Å². The van der Waals surface area contributed by atoms with E-state index >= 15 is 0 Å². The normalized spacial score (nSPS) is 12.0. The molecular formula is C17H10BrN3O. The van der Waals surface area contributed by atoms with Crippen LogP contribution in [0.25, 0.3) is 27.5 Å². The number of benzene rings is 2. The predicted molar refractivity (Wildman–Crippen MR) is 87.7 cm³/mol. The van der Waals surface area contributed by atoms with E-state index in [1.54, 1.807) is 12.1 Å². The van der Waals surface area contributed by atoms with Crippen molar-refractivity contribution in [1.82, 2.24) is 9.55 Å². The summed E-state index contributed by atoms with van der Waals surface area (Å²) in [5, 5.41) is 0. The van der Waals surface area contributed by atoms with E-state index in [1.807, 2.05) is 41.0 Å². The molecule has 0 spiro atoms. The Balaban J connectivity index is 1.92. The van der Waals surface area contributed by atoms with Crippen molar-refractivity contribution in [3.63, 3.8) is 0 Å². The second-order valence-electron chi connectivity index (χ2n) is 4.93. The molecule has 0 saturated carbocycles. The van der Waals surface area contributed by atoms with Gasteiger partial charge in [-0.15, -0.1) is 0 Å². The van der Waals surface area contributed by atoms with Crippen LogP contribution in [-0.4, -0.2) is 9.55 Å². The summed E-state index contributed by atoms with van der Waals surface area (Å²) in [6.45, 7) is 7.48. The standard InChI is InChI=1S/C17H10BrN3O/c1-19-12-7-8-13-14(9-12)22-10-21-15(16(18)20-17(13)21)11-5-3-2-4-6-11/h2-9H,10H2.